The van der Waals surface area contributed by atoms with Crippen molar-refractivity contribution in [3.8, 4) is 0 Å². The Morgan fingerprint density at radius 3 is 2.67 bits per heavy atom. The Hall–Kier alpha value is -1.34. The van der Waals surface area contributed by atoms with Gasteiger partial charge in [-0.05, 0) is 55.6 Å². The third-order valence-electron chi connectivity index (χ3n) is 2.93. The summed E-state index contributed by atoms with van der Waals surface area (Å²) in [7, 11) is 4.19. The lowest BCUT2D eigenvalue weighted by Crippen LogP contribution is -2.16. The molecule has 0 aliphatic rings. The van der Waals surface area contributed by atoms with E-state index in [1.165, 1.54) is 16.3 Å². The van der Waals surface area contributed by atoms with Crippen molar-refractivity contribution in [2.24, 2.45) is 0 Å². The fourth-order valence-electron chi connectivity index (χ4n) is 1.68. The fraction of sp³-hybridized carbons (Fsp3) is 0.286. The maximum Gasteiger partial charge on any atom is 0.0314 e. The summed E-state index contributed by atoms with van der Waals surface area (Å²) >= 11 is 0. The first-order chi connectivity index (χ1) is 7.18. The summed E-state index contributed by atoms with van der Waals surface area (Å²) in [5.41, 5.74) is 1.32. The lowest BCUT2D eigenvalue weighted by atomic mass is 10.0. The first kappa shape index (κ1) is 10.2. The molecular weight excluding hydrogens is 182 g/mol. The Labute approximate surface area is 91.3 Å². The molecule has 0 saturated heterocycles. The number of benzene rings is 2. The van der Waals surface area contributed by atoms with Crippen molar-refractivity contribution in [1.29, 1.82) is 0 Å². The molecule has 0 heterocycles. The van der Waals surface area contributed by atoms with Crippen molar-refractivity contribution in [3.63, 3.8) is 0 Å². The van der Waals surface area contributed by atoms with Crippen LogP contribution in [0.15, 0.2) is 36.4 Å². The molecule has 0 aromatic heterocycles. The molecule has 1 atom stereocenters. The van der Waals surface area contributed by atoms with Crippen LogP contribution in [-0.4, -0.2) is 19.0 Å². The molecule has 0 spiro atoms. The van der Waals surface area contributed by atoms with Crippen LogP contribution < -0.4 is 0 Å². The van der Waals surface area contributed by atoms with Gasteiger partial charge in [0.15, 0.2) is 0 Å². The van der Waals surface area contributed by atoms with Crippen LogP contribution in [0.1, 0.15) is 18.5 Å². The summed E-state index contributed by atoms with van der Waals surface area (Å²) in [5, 5.41) is 2.45. The van der Waals surface area contributed by atoms with E-state index >= 15 is 0 Å². The Kier molecular flexibility index (Phi) is 2.74. The van der Waals surface area contributed by atoms with Gasteiger partial charge in [0.1, 0.15) is 0 Å². The van der Waals surface area contributed by atoms with E-state index in [9.17, 15) is 0 Å². The zero-order valence-corrected chi connectivity index (χ0v) is 9.49. The topological polar surface area (TPSA) is 3.24 Å². The predicted octanol–water partition coefficient (Wildman–Crippen LogP) is 3.26. The number of rotatable bonds is 2. The van der Waals surface area contributed by atoms with E-state index in [0.717, 1.165) is 0 Å². The van der Waals surface area contributed by atoms with E-state index in [-0.39, 0.29) is 0 Å². The van der Waals surface area contributed by atoms with E-state index in [0.29, 0.717) is 6.04 Å². The van der Waals surface area contributed by atoms with Crippen LogP contribution in [0.3, 0.4) is 0 Å². The third kappa shape index (κ3) is 2.02. The first-order valence-corrected chi connectivity index (χ1v) is 5.25. The standard InChI is InChI=1S/C14H16N/c1-11(15(2)3)13-9-8-12-6-4-5-7-14(12)10-13/h4-7,9-11H,1-3H3. The maximum absolute atomic E-state index is 3.33. The number of fused-ring (bicyclic) bond motifs is 1. The summed E-state index contributed by atoms with van der Waals surface area (Å²) < 4.78 is 0. The first-order valence-electron chi connectivity index (χ1n) is 5.25. The largest absolute Gasteiger partial charge is 0.303 e. The summed E-state index contributed by atoms with van der Waals surface area (Å²) in [6.45, 7) is 2.21. The molecule has 0 bridgehead atoms. The van der Waals surface area contributed by atoms with Gasteiger partial charge in [0.2, 0.25) is 0 Å². The molecule has 2 aromatic carbocycles. The van der Waals surface area contributed by atoms with Gasteiger partial charge in [-0.2, -0.15) is 0 Å². The molecule has 0 aliphatic carbocycles. The van der Waals surface area contributed by atoms with Gasteiger partial charge in [0.25, 0.3) is 0 Å². The van der Waals surface area contributed by atoms with Crippen molar-refractivity contribution >= 4 is 10.8 Å². The van der Waals surface area contributed by atoms with Gasteiger partial charge in [-0.15, -0.1) is 0 Å². The smallest absolute Gasteiger partial charge is 0.0314 e. The molecule has 15 heavy (non-hydrogen) atoms. The minimum absolute atomic E-state index is 0.436. The molecule has 1 unspecified atom stereocenters. The lowest BCUT2D eigenvalue weighted by molar-refractivity contribution is 0.321. The van der Waals surface area contributed by atoms with Crippen LogP contribution in [0.4, 0.5) is 0 Å². The zero-order valence-electron chi connectivity index (χ0n) is 9.49. The minimum Gasteiger partial charge on any atom is -0.303 e. The normalized spacial score (nSPS) is 13.3. The third-order valence-corrected chi connectivity index (χ3v) is 2.93. The zero-order chi connectivity index (χ0) is 10.8. The van der Waals surface area contributed by atoms with Crippen LogP contribution >= 0.6 is 0 Å². The molecule has 2 aromatic rings. The van der Waals surface area contributed by atoms with Gasteiger partial charge < -0.3 is 4.90 Å². The maximum atomic E-state index is 3.33. The molecule has 1 heteroatoms. The van der Waals surface area contributed by atoms with Crippen molar-refractivity contribution in [1.82, 2.24) is 4.90 Å². The Bertz CT molecular complexity index is 460. The highest BCUT2D eigenvalue weighted by Gasteiger charge is 2.07. The van der Waals surface area contributed by atoms with Gasteiger partial charge in [-0.25, -0.2) is 0 Å². The molecular formula is C14H16N. The molecule has 0 saturated carbocycles. The molecule has 77 valence electrons. The molecule has 0 amide bonds. The van der Waals surface area contributed by atoms with Crippen LogP contribution in [-0.2, 0) is 0 Å². The predicted molar refractivity (Wildman–Crippen MR) is 64.9 cm³/mol. The monoisotopic (exact) mass is 198 g/mol. The Morgan fingerprint density at radius 2 is 1.93 bits per heavy atom. The second kappa shape index (κ2) is 4.03. The molecule has 0 aliphatic heterocycles. The van der Waals surface area contributed by atoms with E-state index in [4.69, 9.17) is 0 Å². The van der Waals surface area contributed by atoms with Crippen molar-refractivity contribution < 1.29 is 0 Å². The van der Waals surface area contributed by atoms with Gasteiger partial charge in [0, 0.05) is 6.04 Å². The van der Waals surface area contributed by atoms with Gasteiger partial charge in [-0.1, -0.05) is 24.3 Å². The second-order valence-corrected chi connectivity index (χ2v) is 4.16. The van der Waals surface area contributed by atoms with Crippen LogP contribution in [0.5, 0.6) is 0 Å². The summed E-state index contributed by atoms with van der Waals surface area (Å²) in [6, 6.07) is 16.5. The van der Waals surface area contributed by atoms with Crippen molar-refractivity contribution in [2.45, 2.75) is 13.0 Å². The molecule has 2 rings (SSSR count). The fourth-order valence-corrected chi connectivity index (χ4v) is 1.68. The summed E-state index contributed by atoms with van der Waals surface area (Å²) in [4.78, 5) is 2.21. The lowest BCUT2D eigenvalue weighted by Gasteiger charge is -2.20. The Morgan fingerprint density at radius 1 is 1.20 bits per heavy atom. The van der Waals surface area contributed by atoms with Crippen LogP contribution in [0, 0.1) is 6.07 Å². The second-order valence-electron chi connectivity index (χ2n) is 4.16. The average Bonchev–Trinajstić information content (AvgIpc) is 2.27. The van der Waals surface area contributed by atoms with Crippen molar-refractivity contribution in [3.05, 3.63) is 48.0 Å². The number of hydrogen-bond acceptors (Lipinski definition) is 1. The summed E-state index contributed by atoms with van der Waals surface area (Å²) in [5.74, 6) is 0. The van der Waals surface area contributed by atoms with E-state index < -0.39 is 0 Å². The molecule has 1 nitrogen and oxygen atoms in total. The average molecular weight is 198 g/mol. The van der Waals surface area contributed by atoms with E-state index in [1.54, 1.807) is 0 Å². The molecule has 1 radical (unpaired) electrons. The van der Waals surface area contributed by atoms with Gasteiger partial charge in [-0.3, -0.25) is 0 Å². The van der Waals surface area contributed by atoms with Crippen molar-refractivity contribution in [2.75, 3.05) is 14.1 Å². The number of hydrogen-bond donors (Lipinski definition) is 0. The SMILES string of the molecule is CC(c1c[c]c2ccccc2c1)N(C)C. The molecule has 0 fully saturated rings. The number of nitrogens with zero attached hydrogens (tertiary/aromatic N) is 1. The van der Waals surface area contributed by atoms with Gasteiger partial charge in [0.05, 0.1) is 0 Å². The quantitative estimate of drug-likeness (QED) is 0.716. The Balaban J connectivity index is 2.47. The highest BCUT2D eigenvalue weighted by atomic mass is 15.1. The van der Waals surface area contributed by atoms with Gasteiger partial charge >= 0.3 is 0 Å². The van der Waals surface area contributed by atoms with Crippen LogP contribution in [0.2, 0.25) is 0 Å². The minimum atomic E-state index is 0.436. The summed E-state index contributed by atoms with van der Waals surface area (Å²) in [6.07, 6.45) is 0. The molecule has 0 N–H and O–H groups in total. The highest BCUT2D eigenvalue weighted by molar-refractivity contribution is 5.82. The van der Waals surface area contributed by atoms with E-state index in [2.05, 4.69) is 62.3 Å². The van der Waals surface area contributed by atoms with Crippen LogP contribution in [0.25, 0.3) is 10.8 Å². The van der Waals surface area contributed by atoms with E-state index in [1.807, 2.05) is 6.07 Å². The highest BCUT2D eigenvalue weighted by Crippen LogP contribution is 2.22.